The Kier molecular flexibility index (Phi) is 5.38. The van der Waals surface area contributed by atoms with Crippen molar-refractivity contribution in [3.05, 3.63) is 46.8 Å². The van der Waals surface area contributed by atoms with E-state index in [2.05, 4.69) is 62.5 Å². The van der Waals surface area contributed by atoms with Gasteiger partial charge in [0, 0.05) is 15.8 Å². The molecule has 0 amide bonds. The second-order valence-corrected chi connectivity index (χ2v) is 6.77. The smallest absolute Gasteiger partial charge is 0.0435 e. The summed E-state index contributed by atoms with van der Waals surface area (Å²) in [5, 5.41) is 3.42. The van der Waals surface area contributed by atoms with E-state index in [1.165, 1.54) is 33.7 Å². The predicted molar refractivity (Wildman–Crippen MR) is 90.4 cm³/mol. The van der Waals surface area contributed by atoms with E-state index in [9.17, 15) is 0 Å². The number of thiophene rings is 1. The molecule has 0 fully saturated rings. The van der Waals surface area contributed by atoms with Crippen LogP contribution in [0, 0.1) is 5.92 Å². The van der Waals surface area contributed by atoms with Crippen LogP contribution in [-0.2, 0) is 6.42 Å². The molecular weight excluding hydrogens is 262 g/mol. The zero-order valence-electron chi connectivity index (χ0n) is 12.9. The molecule has 2 heteroatoms. The van der Waals surface area contributed by atoms with Crippen LogP contribution in [0.2, 0.25) is 0 Å². The Morgan fingerprint density at radius 2 is 1.75 bits per heavy atom. The van der Waals surface area contributed by atoms with Crippen molar-refractivity contribution in [1.82, 2.24) is 5.32 Å². The molecular formula is C18H25NS. The van der Waals surface area contributed by atoms with Crippen LogP contribution in [0.5, 0.6) is 0 Å². The number of hydrogen-bond donors (Lipinski definition) is 1. The molecule has 1 heterocycles. The highest BCUT2D eigenvalue weighted by Gasteiger charge is 2.15. The van der Waals surface area contributed by atoms with Crippen molar-refractivity contribution in [3.63, 3.8) is 0 Å². The summed E-state index contributed by atoms with van der Waals surface area (Å²) in [6.07, 6.45) is 2.38. The van der Waals surface area contributed by atoms with Crippen molar-refractivity contribution >= 4 is 11.3 Å². The standard InChI is InChI=1S/C18H25NS/c1-5-6-14-7-9-15(10-8-14)16-11-12-17(20-16)18(19-4)13(2)3/h7-13,18-19H,5-6H2,1-4H3. The molecule has 0 saturated carbocycles. The summed E-state index contributed by atoms with van der Waals surface area (Å²) < 4.78 is 0. The van der Waals surface area contributed by atoms with Crippen LogP contribution in [0.3, 0.4) is 0 Å². The van der Waals surface area contributed by atoms with Crippen molar-refractivity contribution in [1.29, 1.82) is 0 Å². The lowest BCUT2D eigenvalue weighted by molar-refractivity contribution is 0.449. The van der Waals surface area contributed by atoms with Gasteiger partial charge in [0.1, 0.15) is 0 Å². The van der Waals surface area contributed by atoms with E-state index in [1.807, 2.05) is 18.4 Å². The van der Waals surface area contributed by atoms with Gasteiger partial charge in [0.25, 0.3) is 0 Å². The number of nitrogens with one attached hydrogen (secondary N) is 1. The van der Waals surface area contributed by atoms with Gasteiger partial charge in [-0.25, -0.2) is 0 Å². The normalized spacial score (nSPS) is 12.8. The van der Waals surface area contributed by atoms with Crippen molar-refractivity contribution in [2.24, 2.45) is 5.92 Å². The minimum absolute atomic E-state index is 0.452. The average molecular weight is 287 g/mol. The molecule has 1 aromatic heterocycles. The molecule has 1 N–H and O–H groups in total. The first-order valence-corrected chi connectivity index (χ1v) is 8.33. The Bertz CT molecular complexity index is 525. The summed E-state index contributed by atoms with van der Waals surface area (Å²) in [4.78, 5) is 2.79. The van der Waals surface area contributed by atoms with Gasteiger partial charge in [0.15, 0.2) is 0 Å². The second kappa shape index (κ2) is 7.05. The Hall–Kier alpha value is -1.12. The SMILES string of the molecule is CCCc1ccc(-c2ccc(C(NC)C(C)C)s2)cc1. The summed E-state index contributed by atoms with van der Waals surface area (Å²) in [5.41, 5.74) is 2.77. The monoisotopic (exact) mass is 287 g/mol. The predicted octanol–water partition coefficient (Wildman–Crippen LogP) is 5.28. The summed E-state index contributed by atoms with van der Waals surface area (Å²) in [6.45, 7) is 6.75. The van der Waals surface area contributed by atoms with Gasteiger partial charge in [0.2, 0.25) is 0 Å². The molecule has 1 unspecified atom stereocenters. The van der Waals surface area contributed by atoms with Crippen molar-refractivity contribution < 1.29 is 0 Å². The van der Waals surface area contributed by atoms with E-state index in [4.69, 9.17) is 0 Å². The third kappa shape index (κ3) is 3.50. The molecule has 0 spiro atoms. The van der Waals surface area contributed by atoms with Gasteiger partial charge in [0.05, 0.1) is 0 Å². The van der Waals surface area contributed by atoms with Gasteiger partial charge < -0.3 is 5.32 Å². The molecule has 0 aliphatic heterocycles. The van der Waals surface area contributed by atoms with E-state index in [0.717, 1.165) is 0 Å². The minimum Gasteiger partial charge on any atom is -0.312 e. The van der Waals surface area contributed by atoms with Crippen LogP contribution >= 0.6 is 11.3 Å². The molecule has 0 bridgehead atoms. The van der Waals surface area contributed by atoms with Crippen LogP contribution in [0.4, 0.5) is 0 Å². The first kappa shape index (κ1) is 15.3. The van der Waals surface area contributed by atoms with Gasteiger partial charge in [-0.15, -0.1) is 11.3 Å². The molecule has 1 aromatic carbocycles. The Balaban J connectivity index is 2.19. The van der Waals surface area contributed by atoms with E-state index in [-0.39, 0.29) is 0 Å². The highest BCUT2D eigenvalue weighted by molar-refractivity contribution is 7.15. The lowest BCUT2D eigenvalue weighted by Gasteiger charge is -2.18. The van der Waals surface area contributed by atoms with Gasteiger partial charge in [-0.3, -0.25) is 0 Å². The number of rotatable bonds is 6. The molecule has 2 rings (SSSR count). The molecule has 108 valence electrons. The fraction of sp³-hybridized carbons (Fsp3) is 0.444. The second-order valence-electron chi connectivity index (χ2n) is 5.66. The Labute approximate surface area is 127 Å². The van der Waals surface area contributed by atoms with Crippen molar-refractivity contribution in [2.75, 3.05) is 7.05 Å². The molecule has 0 radical (unpaired) electrons. The van der Waals surface area contributed by atoms with Crippen LogP contribution < -0.4 is 5.32 Å². The van der Waals surface area contributed by atoms with E-state index in [1.54, 1.807) is 0 Å². The molecule has 2 aromatic rings. The van der Waals surface area contributed by atoms with E-state index < -0.39 is 0 Å². The van der Waals surface area contributed by atoms with Crippen LogP contribution in [0.15, 0.2) is 36.4 Å². The molecule has 1 atom stereocenters. The van der Waals surface area contributed by atoms with Crippen LogP contribution in [-0.4, -0.2) is 7.05 Å². The highest BCUT2D eigenvalue weighted by atomic mass is 32.1. The Morgan fingerprint density at radius 3 is 2.30 bits per heavy atom. The first-order valence-electron chi connectivity index (χ1n) is 7.52. The van der Waals surface area contributed by atoms with E-state index >= 15 is 0 Å². The fourth-order valence-electron chi connectivity index (χ4n) is 2.60. The highest BCUT2D eigenvalue weighted by Crippen LogP contribution is 2.34. The molecule has 0 aliphatic rings. The average Bonchev–Trinajstić information content (AvgIpc) is 2.90. The summed E-state index contributed by atoms with van der Waals surface area (Å²) in [5.74, 6) is 0.610. The zero-order chi connectivity index (χ0) is 14.5. The van der Waals surface area contributed by atoms with Gasteiger partial charge in [-0.1, -0.05) is 51.5 Å². The lowest BCUT2D eigenvalue weighted by atomic mass is 10.0. The van der Waals surface area contributed by atoms with Crippen molar-refractivity contribution in [2.45, 2.75) is 39.7 Å². The lowest BCUT2D eigenvalue weighted by Crippen LogP contribution is -2.20. The number of benzene rings is 1. The quantitative estimate of drug-likeness (QED) is 0.761. The summed E-state index contributed by atoms with van der Waals surface area (Å²) in [6, 6.07) is 14.0. The maximum atomic E-state index is 3.42. The van der Waals surface area contributed by atoms with E-state index in [0.29, 0.717) is 12.0 Å². The zero-order valence-corrected chi connectivity index (χ0v) is 13.8. The minimum atomic E-state index is 0.452. The summed E-state index contributed by atoms with van der Waals surface area (Å²) in [7, 11) is 2.05. The van der Waals surface area contributed by atoms with Crippen LogP contribution in [0.1, 0.15) is 43.7 Å². The van der Waals surface area contributed by atoms with Gasteiger partial charge in [-0.05, 0) is 42.6 Å². The molecule has 0 saturated heterocycles. The fourth-order valence-corrected chi connectivity index (χ4v) is 3.90. The first-order chi connectivity index (χ1) is 9.65. The molecule has 1 nitrogen and oxygen atoms in total. The summed E-state index contributed by atoms with van der Waals surface area (Å²) >= 11 is 1.90. The number of aryl methyl sites for hydroxylation is 1. The maximum Gasteiger partial charge on any atom is 0.0435 e. The third-order valence-corrected chi connectivity index (χ3v) is 4.91. The molecule has 20 heavy (non-hydrogen) atoms. The Morgan fingerprint density at radius 1 is 1.05 bits per heavy atom. The topological polar surface area (TPSA) is 12.0 Å². The maximum absolute atomic E-state index is 3.42. The van der Waals surface area contributed by atoms with Gasteiger partial charge in [-0.2, -0.15) is 0 Å². The molecule has 0 aliphatic carbocycles. The third-order valence-electron chi connectivity index (χ3n) is 3.69. The largest absolute Gasteiger partial charge is 0.312 e. The van der Waals surface area contributed by atoms with Crippen LogP contribution in [0.25, 0.3) is 10.4 Å². The number of hydrogen-bond acceptors (Lipinski definition) is 2. The van der Waals surface area contributed by atoms with Gasteiger partial charge >= 0.3 is 0 Å². The van der Waals surface area contributed by atoms with Crippen molar-refractivity contribution in [3.8, 4) is 10.4 Å².